The van der Waals surface area contributed by atoms with Gasteiger partial charge in [-0.3, -0.25) is 14.6 Å². The topological polar surface area (TPSA) is 104 Å². The van der Waals surface area contributed by atoms with Crippen molar-refractivity contribution in [2.45, 2.75) is 31.3 Å². The van der Waals surface area contributed by atoms with E-state index in [1.54, 1.807) is 0 Å². The molecule has 1 heterocycles. The fraction of sp³-hybridized carbons (Fsp3) is 0.208. The Bertz CT molecular complexity index is 1400. The number of nitrogens with one attached hydrogen (secondary N) is 1. The summed E-state index contributed by atoms with van der Waals surface area (Å²) in [6.45, 7) is 0. The highest BCUT2D eigenvalue weighted by Crippen LogP contribution is 2.47. The van der Waals surface area contributed by atoms with Crippen LogP contribution >= 0.6 is 0 Å². The molecule has 1 aliphatic rings. The number of nitrogens with zero attached hydrogens (tertiary/aromatic N) is 1. The summed E-state index contributed by atoms with van der Waals surface area (Å²) in [5.41, 5.74) is 2.07. The van der Waals surface area contributed by atoms with Crippen molar-refractivity contribution in [1.29, 1.82) is 0 Å². The smallest absolute Gasteiger partial charge is 0.456 e. The van der Waals surface area contributed by atoms with Crippen molar-refractivity contribution in [2.24, 2.45) is 5.73 Å². The van der Waals surface area contributed by atoms with Gasteiger partial charge < -0.3 is 20.5 Å². The van der Waals surface area contributed by atoms with Crippen LogP contribution in [0.25, 0.3) is 0 Å². The highest BCUT2D eigenvalue weighted by molar-refractivity contribution is 6.07. The second kappa shape index (κ2) is 9.84. The van der Waals surface area contributed by atoms with Crippen LogP contribution in [0.5, 0.6) is 17.2 Å². The molecule has 1 aliphatic carbocycles. The number of anilines is 1. The van der Waals surface area contributed by atoms with E-state index in [-0.39, 0.29) is 28.6 Å². The molecule has 0 atom stereocenters. The molecule has 3 aromatic rings. The molecule has 0 radical (unpaired) electrons. The first-order valence-corrected chi connectivity index (χ1v) is 10.8. The minimum Gasteiger partial charge on any atom is -0.456 e. The quantitative estimate of drug-likeness (QED) is 0.348. The van der Waals surface area contributed by atoms with Crippen molar-refractivity contribution in [2.75, 3.05) is 5.32 Å². The molecule has 1 fully saturated rings. The van der Waals surface area contributed by atoms with E-state index in [0.29, 0.717) is 18.9 Å². The van der Waals surface area contributed by atoms with E-state index in [1.807, 2.05) is 0 Å². The van der Waals surface area contributed by atoms with Crippen LogP contribution in [0.3, 0.4) is 0 Å². The van der Waals surface area contributed by atoms with Gasteiger partial charge in [0.25, 0.3) is 11.8 Å². The van der Waals surface area contributed by atoms with Gasteiger partial charge in [0.2, 0.25) is 0 Å². The second-order valence-electron chi connectivity index (χ2n) is 8.17. The maximum atomic E-state index is 15.1. The summed E-state index contributed by atoms with van der Waals surface area (Å²) in [6.07, 6.45) is -7.87. The number of nitrogens with two attached hydrogens (primary N) is 1. The lowest BCUT2D eigenvalue weighted by Gasteiger charge is -2.18. The van der Waals surface area contributed by atoms with E-state index in [2.05, 4.69) is 15.0 Å². The van der Waals surface area contributed by atoms with Gasteiger partial charge in [0.05, 0.1) is 5.56 Å². The Kier molecular flexibility index (Phi) is 6.91. The minimum absolute atomic E-state index is 0.102. The van der Waals surface area contributed by atoms with Gasteiger partial charge in [-0.25, -0.2) is 4.39 Å². The molecule has 1 saturated carbocycles. The van der Waals surface area contributed by atoms with Crippen LogP contribution in [0, 0.1) is 5.82 Å². The van der Waals surface area contributed by atoms with Crippen LogP contribution in [0.2, 0.25) is 0 Å². The first-order chi connectivity index (χ1) is 17.7. The molecule has 0 bridgehead atoms. The fourth-order valence-electron chi connectivity index (χ4n) is 3.56. The monoisotopic (exact) mass is 543 g/mol. The van der Waals surface area contributed by atoms with Crippen molar-refractivity contribution in [3.05, 3.63) is 76.9 Å². The van der Waals surface area contributed by atoms with Gasteiger partial charge in [-0.2, -0.15) is 13.2 Å². The number of ether oxygens (including phenoxy) is 2. The maximum absolute atomic E-state index is 15.1. The Labute approximate surface area is 209 Å². The van der Waals surface area contributed by atoms with Gasteiger partial charge in [0.15, 0.2) is 5.82 Å². The first-order valence-electron chi connectivity index (χ1n) is 10.8. The number of carbonyl (C=O) groups excluding carboxylic acids is 2. The van der Waals surface area contributed by atoms with E-state index in [4.69, 9.17) is 10.5 Å². The summed E-state index contributed by atoms with van der Waals surface area (Å²) in [6, 6.07) is 6.35. The van der Waals surface area contributed by atoms with E-state index >= 15 is 4.39 Å². The number of pyridine rings is 1. The number of benzene rings is 2. The molecule has 0 saturated heterocycles. The predicted molar refractivity (Wildman–Crippen MR) is 117 cm³/mol. The normalized spacial score (nSPS) is 13.7. The number of rotatable bonds is 7. The van der Waals surface area contributed by atoms with Gasteiger partial charge in [-0.05, 0) is 61.2 Å². The van der Waals surface area contributed by atoms with Crippen molar-refractivity contribution >= 4 is 17.5 Å². The fourth-order valence-corrected chi connectivity index (χ4v) is 3.56. The summed E-state index contributed by atoms with van der Waals surface area (Å²) in [5.74, 6) is -5.79. The molecule has 2 aromatic carbocycles. The number of alkyl halides is 6. The Hall–Kier alpha value is -4.36. The highest BCUT2D eigenvalue weighted by atomic mass is 19.4. The summed E-state index contributed by atoms with van der Waals surface area (Å²) in [5, 5.41) is 2.16. The Morgan fingerprint density at radius 2 is 1.66 bits per heavy atom. The van der Waals surface area contributed by atoms with Gasteiger partial charge in [-0.1, -0.05) is 0 Å². The van der Waals surface area contributed by atoms with E-state index in [0.717, 1.165) is 36.5 Å². The van der Waals surface area contributed by atoms with Crippen molar-refractivity contribution in [1.82, 2.24) is 4.98 Å². The number of aromatic nitrogens is 1. The second-order valence-corrected chi connectivity index (χ2v) is 8.17. The molecule has 2 amide bonds. The molecule has 0 aliphatic heterocycles. The number of halogens is 7. The van der Waals surface area contributed by atoms with Gasteiger partial charge in [-0.15, -0.1) is 13.2 Å². The Morgan fingerprint density at radius 1 is 0.974 bits per heavy atom. The van der Waals surface area contributed by atoms with E-state index in [1.165, 1.54) is 6.07 Å². The largest absolute Gasteiger partial charge is 0.573 e. The van der Waals surface area contributed by atoms with Crippen molar-refractivity contribution in [3.8, 4) is 17.2 Å². The van der Waals surface area contributed by atoms with Crippen LogP contribution < -0.4 is 20.5 Å². The molecular formula is C24H16F7N3O4. The summed E-state index contributed by atoms with van der Waals surface area (Å²) < 4.78 is 103. The number of hydrogen-bond donors (Lipinski definition) is 2. The molecule has 7 nitrogen and oxygen atoms in total. The Morgan fingerprint density at radius 3 is 2.26 bits per heavy atom. The molecule has 1 aromatic heterocycles. The molecule has 14 heteroatoms. The lowest BCUT2D eigenvalue weighted by Crippen LogP contribution is -2.20. The third kappa shape index (κ3) is 6.12. The number of primary amides is 1. The molecule has 3 N–H and O–H groups in total. The van der Waals surface area contributed by atoms with Gasteiger partial charge in [0, 0.05) is 17.4 Å². The Balaban J connectivity index is 1.74. The standard InChI is InChI=1S/C24H16F7N3O4/c25-20-15(23(26,27)28)4-6-18(19(20)22(36)34-12-7-8-33-16(9-12)21(32)35)37-17-5-3-13(38-24(29,30)31)10-14(17)11-1-2-11/h3-11H,1-2H2,(H2,32,35)(H,33,34,36). The number of carbonyl (C=O) groups is 2. The summed E-state index contributed by atoms with van der Waals surface area (Å²) >= 11 is 0. The van der Waals surface area contributed by atoms with E-state index in [9.17, 15) is 35.9 Å². The number of hydrogen-bond acceptors (Lipinski definition) is 5. The van der Waals surface area contributed by atoms with Gasteiger partial charge in [0.1, 0.15) is 28.5 Å². The molecule has 38 heavy (non-hydrogen) atoms. The molecule has 0 spiro atoms. The lowest BCUT2D eigenvalue weighted by molar-refractivity contribution is -0.274. The van der Waals surface area contributed by atoms with Crippen molar-refractivity contribution < 1.29 is 49.8 Å². The van der Waals surface area contributed by atoms with E-state index < -0.39 is 52.8 Å². The van der Waals surface area contributed by atoms with Crippen molar-refractivity contribution in [3.63, 3.8) is 0 Å². The lowest BCUT2D eigenvalue weighted by atomic mass is 10.1. The SMILES string of the molecule is NC(=O)c1cc(NC(=O)c2c(Oc3ccc(OC(F)(F)F)cc3C3CC3)ccc(C(F)(F)F)c2F)ccn1. The van der Waals surface area contributed by atoms with Crippen LogP contribution in [-0.4, -0.2) is 23.2 Å². The van der Waals surface area contributed by atoms with Crippen LogP contribution in [-0.2, 0) is 6.18 Å². The molecule has 0 unspecified atom stereocenters. The molecule has 4 rings (SSSR count). The summed E-state index contributed by atoms with van der Waals surface area (Å²) in [7, 11) is 0. The molecule has 200 valence electrons. The van der Waals surface area contributed by atoms with Crippen LogP contribution in [0.1, 0.15) is 50.7 Å². The zero-order chi connectivity index (χ0) is 27.8. The number of amides is 2. The third-order valence-corrected chi connectivity index (χ3v) is 5.36. The van der Waals surface area contributed by atoms with Crippen LogP contribution in [0.15, 0.2) is 48.7 Å². The average Bonchev–Trinajstić information content (AvgIpc) is 3.64. The molecular weight excluding hydrogens is 527 g/mol. The first kappa shape index (κ1) is 26.7. The van der Waals surface area contributed by atoms with Crippen LogP contribution in [0.4, 0.5) is 36.4 Å². The summed E-state index contributed by atoms with van der Waals surface area (Å²) in [4.78, 5) is 28.0. The zero-order valence-electron chi connectivity index (χ0n) is 18.9. The predicted octanol–water partition coefficient (Wildman–Crippen LogP) is 6.16. The minimum atomic E-state index is -5.16. The highest BCUT2D eigenvalue weighted by Gasteiger charge is 2.38. The third-order valence-electron chi connectivity index (χ3n) is 5.36. The maximum Gasteiger partial charge on any atom is 0.573 e. The average molecular weight is 543 g/mol. The zero-order valence-corrected chi connectivity index (χ0v) is 18.9. The van der Waals surface area contributed by atoms with Gasteiger partial charge >= 0.3 is 12.5 Å².